The van der Waals surface area contributed by atoms with Crippen LogP contribution in [0, 0.1) is 46.3 Å². The molecule has 0 saturated heterocycles. The molecule has 0 spiro atoms. The van der Waals surface area contributed by atoms with Gasteiger partial charge in [0.2, 0.25) is 0 Å². The Morgan fingerprint density at radius 2 is 1.76 bits per heavy atom. The molecule has 1 aromatic rings. The molecule has 0 aromatic heterocycles. The van der Waals surface area contributed by atoms with E-state index in [0.29, 0.717) is 17.3 Å². The number of ether oxygens (including phenoxy) is 1. The molecule has 37 heavy (non-hydrogen) atoms. The maximum Gasteiger partial charge on any atom is 0.310 e. The first kappa shape index (κ1) is 27.0. The van der Waals surface area contributed by atoms with Gasteiger partial charge in [-0.25, -0.2) is 0 Å². The summed E-state index contributed by atoms with van der Waals surface area (Å²) in [6.07, 6.45) is 17.4. The molecule has 0 N–H and O–H groups in total. The van der Waals surface area contributed by atoms with Crippen LogP contribution in [0.4, 0.5) is 0 Å². The predicted molar refractivity (Wildman–Crippen MR) is 153 cm³/mol. The van der Waals surface area contributed by atoms with Gasteiger partial charge in [0.1, 0.15) is 6.10 Å². The number of carbonyl (C=O) groups is 1. The van der Waals surface area contributed by atoms with E-state index in [-0.39, 0.29) is 12.1 Å². The number of benzene rings is 1. The molecule has 8 atom stereocenters. The summed E-state index contributed by atoms with van der Waals surface area (Å²) < 4.78 is 6.02. The van der Waals surface area contributed by atoms with Crippen molar-refractivity contribution in [3.63, 3.8) is 0 Å². The van der Waals surface area contributed by atoms with Gasteiger partial charge in [0.05, 0.1) is 6.42 Å². The van der Waals surface area contributed by atoms with Crippen LogP contribution in [0.15, 0.2) is 42.0 Å². The number of allylic oxidation sites excluding steroid dienone is 1. The minimum absolute atomic E-state index is 0.0588. The summed E-state index contributed by atoms with van der Waals surface area (Å²) in [6.45, 7) is 12.6. The number of rotatable bonds is 8. The number of hydrogen-bond donors (Lipinski definition) is 0. The minimum atomic E-state index is -0.0676. The van der Waals surface area contributed by atoms with Gasteiger partial charge in [-0.2, -0.15) is 0 Å². The van der Waals surface area contributed by atoms with Gasteiger partial charge in [-0.05, 0) is 96.8 Å². The fraction of sp³-hybridized carbons (Fsp3) is 0.743. The molecule has 0 bridgehead atoms. The highest BCUT2D eigenvalue weighted by molar-refractivity contribution is 5.72. The number of hydrogen-bond acceptors (Lipinski definition) is 2. The normalized spacial score (nSPS) is 37.8. The van der Waals surface area contributed by atoms with E-state index < -0.39 is 0 Å². The van der Waals surface area contributed by atoms with Gasteiger partial charge in [0.25, 0.3) is 0 Å². The average Bonchev–Trinajstić information content (AvgIpc) is 3.22. The lowest BCUT2D eigenvalue weighted by Crippen LogP contribution is -2.51. The van der Waals surface area contributed by atoms with Crippen molar-refractivity contribution in [1.82, 2.24) is 0 Å². The minimum Gasteiger partial charge on any atom is -0.462 e. The fourth-order valence-electron chi connectivity index (χ4n) is 9.74. The van der Waals surface area contributed by atoms with Gasteiger partial charge in [-0.1, -0.05) is 95.9 Å². The number of esters is 1. The average molecular weight is 505 g/mol. The second-order valence-corrected chi connectivity index (χ2v) is 14.3. The smallest absolute Gasteiger partial charge is 0.310 e. The standard InChI is InChI=1S/C35H52O2/c1-24(2)10-9-11-25(3)30-16-17-31-29-15-14-27-23-28(37-33(36)22-26-12-7-6-8-13-26)18-20-34(27,4)32(29)19-21-35(30,31)5/h6-8,12-14,24-25,28-32H,9-11,15-23H2,1-5H3/t25-,28?,29?,30?,31?,32?,34?,35?/m1/s1. The predicted octanol–water partition coefficient (Wildman–Crippen LogP) is 9.18. The van der Waals surface area contributed by atoms with Crippen LogP contribution < -0.4 is 0 Å². The maximum absolute atomic E-state index is 12.7. The Bertz CT molecular complexity index is 963. The van der Waals surface area contributed by atoms with E-state index in [1.54, 1.807) is 5.57 Å². The van der Waals surface area contributed by atoms with Crippen molar-refractivity contribution >= 4 is 5.97 Å². The third kappa shape index (κ3) is 5.33. The molecule has 0 aliphatic heterocycles. The SMILES string of the molecule is CC(C)CCC[C@@H](C)C1CCC2C3CC=C4CC(OC(=O)Cc5ccccc5)CCC4(C)C3CCC21C. The van der Waals surface area contributed by atoms with Crippen LogP contribution in [0.25, 0.3) is 0 Å². The van der Waals surface area contributed by atoms with Crippen LogP contribution in [0.1, 0.15) is 111 Å². The summed E-state index contributed by atoms with van der Waals surface area (Å²) in [7, 11) is 0. The Morgan fingerprint density at radius 1 is 0.973 bits per heavy atom. The van der Waals surface area contributed by atoms with Gasteiger partial charge in [-0.3, -0.25) is 4.79 Å². The molecule has 0 radical (unpaired) electrons. The molecule has 1 aromatic carbocycles. The summed E-state index contributed by atoms with van der Waals surface area (Å²) in [6, 6.07) is 10.0. The lowest BCUT2D eigenvalue weighted by atomic mass is 9.47. The zero-order valence-corrected chi connectivity index (χ0v) is 24.3. The zero-order chi connectivity index (χ0) is 26.2. The van der Waals surface area contributed by atoms with Crippen molar-refractivity contribution in [2.45, 2.75) is 118 Å². The second kappa shape index (κ2) is 10.9. The Balaban J connectivity index is 1.22. The molecule has 5 rings (SSSR count). The summed E-state index contributed by atoms with van der Waals surface area (Å²) in [4.78, 5) is 12.7. The van der Waals surface area contributed by atoms with Crippen molar-refractivity contribution in [3.8, 4) is 0 Å². The van der Waals surface area contributed by atoms with Crippen LogP contribution in [-0.2, 0) is 16.0 Å². The van der Waals surface area contributed by atoms with Crippen LogP contribution in [0.3, 0.4) is 0 Å². The first-order valence-electron chi connectivity index (χ1n) is 15.6. The van der Waals surface area contributed by atoms with Gasteiger partial charge in [-0.15, -0.1) is 0 Å². The van der Waals surface area contributed by atoms with Crippen LogP contribution in [0.2, 0.25) is 0 Å². The van der Waals surface area contributed by atoms with Crippen LogP contribution >= 0.6 is 0 Å². The molecule has 204 valence electrons. The van der Waals surface area contributed by atoms with Gasteiger partial charge in [0, 0.05) is 6.42 Å². The Hall–Kier alpha value is -1.57. The molecule has 2 heteroatoms. The Labute approximate surface area is 227 Å². The lowest BCUT2D eigenvalue weighted by Gasteiger charge is -2.58. The first-order chi connectivity index (χ1) is 17.7. The maximum atomic E-state index is 12.7. The molecular weight excluding hydrogens is 452 g/mol. The van der Waals surface area contributed by atoms with E-state index in [4.69, 9.17) is 4.74 Å². The van der Waals surface area contributed by atoms with Gasteiger partial charge in [0.15, 0.2) is 0 Å². The topological polar surface area (TPSA) is 26.3 Å². The van der Waals surface area contributed by atoms with E-state index in [0.717, 1.165) is 53.9 Å². The molecule has 3 fully saturated rings. The zero-order valence-electron chi connectivity index (χ0n) is 24.3. The van der Waals surface area contributed by atoms with E-state index in [2.05, 4.69) is 40.7 Å². The monoisotopic (exact) mass is 504 g/mol. The molecule has 4 aliphatic rings. The van der Waals surface area contributed by atoms with Crippen molar-refractivity contribution < 1.29 is 9.53 Å². The quantitative estimate of drug-likeness (QED) is 0.260. The largest absolute Gasteiger partial charge is 0.462 e. The molecule has 4 aliphatic carbocycles. The first-order valence-corrected chi connectivity index (χ1v) is 15.6. The number of carbonyl (C=O) groups excluding carboxylic acids is 1. The Morgan fingerprint density at radius 3 is 2.51 bits per heavy atom. The van der Waals surface area contributed by atoms with Gasteiger partial charge < -0.3 is 4.74 Å². The van der Waals surface area contributed by atoms with Crippen molar-refractivity contribution in [2.24, 2.45) is 46.3 Å². The summed E-state index contributed by atoms with van der Waals surface area (Å²) in [5.74, 6) is 5.14. The van der Waals surface area contributed by atoms with Gasteiger partial charge >= 0.3 is 5.97 Å². The van der Waals surface area contributed by atoms with Crippen LogP contribution in [-0.4, -0.2) is 12.1 Å². The highest BCUT2D eigenvalue weighted by Gasteiger charge is 2.59. The van der Waals surface area contributed by atoms with Crippen LogP contribution in [0.5, 0.6) is 0 Å². The molecule has 2 nitrogen and oxygen atoms in total. The highest BCUT2D eigenvalue weighted by Crippen LogP contribution is 2.67. The molecule has 3 saturated carbocycles. The lowest BCUT2D eigenvalue weighted by molar-refractivity contribution is -0.150. The van der Waals surface area contributed by atoms with Crippen molar-refractivity contribution in [2.75, 3.05) is 0 Å². The summed E-state index contributed by atoms with van der Waals surface area (Å²) in [5, 5.41) is 0. The molecule has 7 unspecified atom stereocenters. The second-order valence-electron chi connectivity index (χ2n) is 14.3. The van der Waals surface area contributed by atoms with E-state index in [1.165, 1.54) is 57.8 Å². The van der Waals surface area contributed by atoms with E-state index in [9.17, 15) is 4.79 Å². The molecule has 0 heterocycles. The summed E-state index contributed by atoms with van der Waals surface area (Å²) in [5.41, 5.74) is 3.51. The highest BCUT2D eigenvalue weighted by atomic mass is 16.5. The molecular formula is C35H52O2. The van der Waals surface area contributed by atoms with Crippen molar-refractivity contribution in [3.05, 3.63) is 47.5 Å². The van der Waals surface area contributed by atoms with E-state index in [1.807, 2.05) is 30.3 Å². The third-order valence-electron chi connectivity index (χ3n) is 11.7. The Kier molecular flexibility index (Phi) is 7.95. The van der Waals surface area contributed by atoms with E-state index >= 15 is 0 Å². The number of fused-ring (bicyclic) bond motifs is 5. The third-order valence-corrected chi connectivity index (χ3v) is 11.7. The molecule has 0 amide bonds. The van der Waals surface area contributed by atoms with Crippen molar-refractivity contribution in [1.29, 1.82) is 0 Å². The summed E-state index contributed by atoms with van der Waals surface area (Å²) >= 11 is 0. The fourth-order valence-corrected chi connectivity index (χ4v) is 9.74.